The van der Waals surface area contributed by atoms with Gasteiger partial charge in [0, 0.05) is 11.6 Å². The van der Waals surface area contributed by atoms with Gasteiger partial charge in [-0.3, -0.25) is 4.79 Å². The molecule has 0 radical (unpaired) electrons. The lowest BCUT2D eigenvalue weighted by molar-refractivity contribution is 0.523. The Morgan fingerprint density at radius 1 is 1.30 bits per heavy atom. The van der Waals surface area contributed by atoms with Crippen LogP contribution < -0.4 is 16.1 Å². The van der Waals surface area contributed by atoms with Crippen molar-refractivity contribution in [2.45, 2.75) is 20.3 Å². The van der Waals surface area contributed by atoms with Gasteiger partial charge in [0.2, 0.25) is 0 Å². The number of hydrogen-bond donors (Lipinski definition) is 0. The van der Waals surface area contributed by atoms with Crippen molar-refractivity contribution in [1.29, 1.82) is 0 Å². The molecule has 0 bridgehead atoms. The van der Waals surface area contributed by atoms with E-state index in [2.05, 4.69) is 33.1 Å². The quantitative estimate of drug-likeness (QED) is 0.854. The third-order valence-corrected chi connectivity index (χ3v) is 3.35. The highest BCUT2D eigenvalue weighted by atomic mass is 16.3. The number of hydrogen-bond acceptors (Lipinski definition) is 2. The highest BCUT2D eigenvalue weighted by molar-refractivity contribution is 5.59. The number of benzene rings is 1. The smallest absolute Gasteiger partial charge is 0.192 e. The van der Waals surface area contributed by atoms with Gasteiger partial charge in [0.1, 0.15) is 11.2 Å². The Morgan fingerprint density at radius 2 is 2.05 bits per heavy atom. The number of allylic oxidation sites excluding steroid dienone is 1. The fourth-order valence-electron chi connectivity index (χ4n) is 2.17. The third kappa shape index (κ3) is 2.64. The standard InChI is InChI=1S/C18H18O2/c1-5-7-17-13(4)16(19)11-18(20-17)15-9-8-14(6-2)12(3)10-15/h5,7-11H,1,4,6H2,2-3H3/b17-7+. The van der Waals surface area contributed by atoms with Crippen molar-refractivity contribution in [3.05, 3.63) is 68.9 Å². The monoisotopic (exact) mass is 266 g/mol. The van der Waals surface area contributed by atoms with Gasteiger partial charge in [0.25, 0.3) is 0 Å². The lowest BCUT2D eigenvalue weighted by atomic mass is 10.0. The van der Waals surface area contributed by atoms with E-state index in [0.29, 0.717) is 16.4 Å². The van der Waals surface area contributed by atoms with Crippen LogP contribution in [0.3, 0.4) is 0 Å². The van der Waals surface area contributed by atoms with Gasteiger partial charge in [0.15, 0.2) is 5.43 Å². The average Bonchev–Trinajstić information content (AvgIpc) is 2.43. The Kier molecular flexibility index (Phi) is 4.04. The summed E-state index contributed by atoms with van der Waals surface area (Å²) in [4.78, 5) is 11.9. The molecule has 0 unspecified atom stereocenters. The molecule has 1 aromatic heterocycles. The predicted octanol–water partition coefficient (Wildman–Crippen LogP) is 2.55. The molecule has 1 heterocycles. The largest absolute Gasteiger partial charge is 0.456 e. The molecule has 0 atom stereocenters. The van der Waals surface area contributed by atoms with Crippen LogP contribution in [0.4, 0.5) is 0 Å². The maximum atomic E-state index is 11.9. The van der Waals surface area contributed by atoms with Crippen LogP contribution in [0.15, 0.2) is 46.1 Å². The van der Waals surface area contributed by atoms with E-state index in [1.165, 1.54) is 17.2 Å². The maximum Gasteiger partial charge on any atom is 0.192 e. The molecule has 0 aliphatic carbocycles. The second kappa shape index (κ2) is 5.74. The fourth-order valence-corrected chi connectivity index (χ4v) is 2.17. The second-order valence-electron chi connectivity index (χ2n) is 4.71. The highest BCUT2D eigenvalue weighted by Gasteiger charge is 2.05. The molecule has 2 heteroatoms. The molecule has 102 valence electrons. The Bertz CT molecular complexity index is 810. The van der Waals surface area contributed by atoms with Crippen molar-refractivity contribution in [2.75, 3.05) is 0 Å². The Balaban J connectivity index is 2.68. The molecule has 0 N–H and O–H groups in total. The van der Waals surface area contributed by atoms with E-state index in [1.807, 2.05) is 12.1 Å². The van der Waals surface area contributed by atoms with Gasteiger partial charge < -0.3 is 4.42 Å². The summed E-state index contributed by atoms with van der Waals surface area (Å²) >= 11 is 0. The summed E-state index contributed by atoms with van der Waals surface area (Å²) in [7, 11) is 0. The minimum atomic E-state index is -0.128. The molecule has 0 spiro atoms. The van der Waals surface area contributed by atoms with Gasteiger partial charge in [-0.2, -0.15) is 0 Å². The van der Waals surface area contributed by atoms with E-state index in [-0.39, 0.29) is 5.43 Å². The highest BCUT2D eigenvalue weighted by Crippen LogP contribution is 2.20. The third-order valence-electron chi connectivity index (χ3n) is 3.35. The van der Waals surface area contributed by atoms with Crippen LogP contribution in [0.5, 0.6) is 0 Å². The molecular formula is C18H18O2. The predicted molar refractivity (Wildman–Crippen MR) is 84.0 cm³/mol. The molecule has 0 saturated carbocycles. The van der Waals surface area contributed by atoms with E-state index >= 15 is 0 Å². The summed E-state index contributed by atoms with van der Waals surface area (Å²) in [5.74, 6) is 0.557. The molecule has 0 amide bonds. The molecule has 2 nitrogen and oxygen atoms in total. The van der Waals surface area contributed by atoms with Gasteiger partial charge in [0.05, 0.1) is 5.22 Å². The average molecular weight is 266 g/mol. The summed E-state index contributed by atoms with van der Waals surface area (Å²) in [6.45, 7) is 11.5. The van der Waals surface area contributed by atoms with Crippen molar-refractivity contribution < 1.29 is 4.42 Å². The van der Waals surface area contributed by atoms with Crippen LogP contribution in [0.1, 0.15) is 18.1 Å². The van der Waals surface area contributed by atoms with Gasteiger partial charge >= 0.3 is 0 Å². The lowest BCUT2D eigenvalue weighted by Gasteiger charge is -2.06. The fraction of sp³-hybridized carbons (Fsp3) is 0.167. The van der Waals surface area contributed by atoms with E-state index in [0.717, 1.165) is 12.0 Å². The normalized spacial score (nSPS) is 11.6. The number of rotatable bonds is 3. The molecule has 0 aliphatic heterocycles. The maximum absolute atomic E-state index is 11.9. The summed E-state index contributed by atoms with van der Waals surface area (Å²) in [6, 6.07) is 7.57. The molecule has 1 aromatic carbocycles. The molecule has 2 aromatic rings. The minimum absolute atomic E-state index is 0.128. The van der Waals surface area contributed by atoms with Crippen LogP contribution in [0, 0.1) is 6.92 Å². The molecule has 0 aliphatic rings. The SMILES string of the molecule is C=C/C=c1/oc(-c2ccc(CC)c(C)c2)cc(=O)c1=C. The van der Waals surface area contributed by atoms with Gasteiger partial charge in [-0.15, -0.1) is 0 Å². The zero-order chi connectivity index (χ0) is 14.7. The molecule has 0 saturated heterocycles. The van der Waals surface area contributed by atoms with Gasteiger partial charge in [-0.05, 0) is 36.6 Å². The van der Waals surface area contributed by atoms with Crippen LogP contribution >= 0.6 is 0 Å². The van der Waals surface area contributed by atoms with Crippen molar-refractivity contribution in [3.63, 3.8) is 0 Å². The first-order chi connectivity index (χ1) is 9.56. The van der Waals surface area contributed by atoms with Crippen LogP contribution in [-0.2, 0) is 6.42 Å². The van der Waals surface area contributed by atoms with Crippen molar-refractivity contribution in [1.82, 2.24) is 0 Å². The zero-order valence-electron chi connectivity index (χ0n) is 11.9. The van der Waals surface area contributed by atoms with Crippen LogP contribution in [0.25, 0.3) is 24.0 Å². The zero-order valence-corrected chi connectivity index (χ0v) is 11.9. The van der Waals surface area contributed by atoms with E-state index in [9.17, 15) is 4.79 Å². The molecule has 0 fully saturated rings. The molecular weight excluding hydrogens is 248 g/mol. The first kappa shape index (κ1) is 14.1. The summed E-state index contributed by atoms with van der Waals surface area (Å²) in [5.41, 5.74) is 3.72. The van der Waals surface area contributed by atoms with Crippen LogP contribution in [0.2, 0.25) is 0 Å². The van der Waals surface area contributed by atoms with Gasteiger partial charge in [-0.1, -0.05) is 38.3 Å². The summed E-state index contributed by atoms with van der Waals surface area (Å²) in [5, 5.41) is 0.357. The van der Waals surface area contributed by atoms with Crippen molar-refractivity contribution in [2.24, 2.45) is 0 Å². The minimum Gasteiger partial charge on any atom is -0.456 e. The van der Waals surface area contributed by atoms with E-state index < -0.39 is 0 Å². The number of aryl methyl sites for hydroxylation is 2. The summed E-state index contributed by atoms with van der Waals surface area (Å²) in [6.07, 6.45) is 4.23. The lowest BCUT2D eigenvalue weighted by Crippen LogP contribution is -2.36. The van der Waals surface area contributed by atoms with Crippen molar-refractivity contribution >= 4 is 12.7 Å². The first-order valence-corrected chi connectivity index (χ1v) is 6.62. The molecule has 20 heavy (non-hydrogen) atoms. The second-order valence-corrected chi connectivity index (χ2v) is 4.71. The van der Waals surface area contributed by atoms with E-state index in [1.54, 1.807) is 12.2 Å². The Hall–Kier alpha value is -2.35. The molecule has 2 rings (SSSR count). The Morgan fingerprint density at radius 3 is 2.65 bits per heavy atom. The van der Waals surface area contributed by atoms with Crippen LogP contribution in [-0.4, -0.2) is 0 Å². The first-order valence-electron chi connectivity index (χ1n) is 6.62. The summed E-state index contributed by atoms with van der Waals surface area (Å²) < 4.78 is 5.75. The van der Waals surface area contributed by atoms with E-state index in [4.69, 9.17) is 4.42 Å². The topological polar surface area (TPSA) is 30.2 Å². The van der Waals surface area contributed by atoms with Crippen molar-refractivity contribution in [3.8, 4) is 11.3 Å². The Labute approximate surface area is 118 Å². The van der Waals surface area contributed by atoms with Gasteiger partial charge in [-0.25, -0.2) is 0 Å².